The summed E-state index contributed by atoms with van der Waals surface area (Å²) in [6.07, 6.45) is 2.74. The van der Waals surface area contributed by atoms with Gasteiger partial charge < -0.3 is 35.7 Å². The van der Waals surface area contributed by atoms with E-state index in [2.05, 4.69) is 7.05 Å². The number of halogens is 1. The second-order valence-corrected chi connectivity index (χ2v) is 4.71. The second kappa shape index (κ2) is 10.3. The van der Waals surface area contributed by atoms with Crippen LogP contribution in [0.1, 0.15) is 12.8 Å². The Morgan fingerprint density at radius 1 is 0.882 bits per heavy atom. The minimum absolute atomic E-state index is 0. The zero-order valence-corrected chi connectivity index (χ0v) is 12.7. The molecule has 0 aromatic rings. The third-order valence-electron chi connectivity index (χ3n) is 3.23. The highest BCUT2D eigenvalue weighted by Gasteiger charge is 2.25. The number of hydrogen-bond acceptors (Lipinski definition) is 3. The van der Waals surface area contributed by atoms with Crippen LogP contribution >= 0.6 is 0 Å². The molecule has 104 valence electrons. The van der Waals surface area contributed by atoms with Gasteiger partial charge in [-0.3, -0.25) is 0 Å². The number of ether oxygens (including phenoxy) is 3. The number of rotatable bonds is 9. The summed E-state index contributed by atoms with van der Waals surface area (Å²) in [5, 5.41) is 0. The molecule has 17 heavy (non-hydrogen) atoms. The van der Waals surface area contributed by atoms with Crippen LogP contribution < -0.4 is 17.0 Å². The first kappa shape index (κ1) is 17.3. The minimum Gasteiger partial charge on any atom is -1.00 e. The lowest BCUT2D eigenvalue weighted by molar-refractivity contribution is -0.898. The molecule has 0 atom stereocenters. The third kappa shape index (κ3) is 8.11. The largest absolute Gasteiger partial charge is 1.00 e. The molecule has 1 heterocycles. The molecular weight excluding hydrogens is 286 g/mol. The van der Waals surface area contributed by atoms with Crippen LogP contribution in [0.15, 0.2) is 0 Å². The first-order valence-corrected chi connectivity index (χ1v) is 6.25. The quantitative estimate of drug-likeness (QED) is 0.361. The van der Waals surface area contributed by atoms with Crippen molar-refractivity contribution in [2.45, 2.75) is 12.8 Å². The lowest BCUT2D eigenvalue weighted by atomic mass is 10.4. The number of methoxy groups -OCH3 is 1. The van der Waals surface area contributed by atoms with Gasteiger partial charge in [-0.05, 0) is 0 Å². The molecule has 0 N–H and O–H groups in total. The summed E-state index contributed by atoms with van der Waals surface area (Å²) in [7, 11) is 4.01. The lowest BCUT2D eigenvalue weighted by Gasteiger charge is -2.28. The summed E-state index contributed by atoms with van der Waals surface area (Å²) in [6.45, 7) is 7.31. The number of nitrogens with zero attached hydrogens (tertiary/aromatic N) is 1. The fraction of sp³-hybridized carbons (Fsp3) is 1.00. The van der Waals surface area contributed by atoms with E-state index in [1.54, 1.807) is 7.11 Å². The molecule has 1 saturated heterocycles. The van der Waals surface area contributed by atoms with Gasteiger partial charge in [-0.25, -0.2) is 0 Å². The van der Waals surface area contributed by atoms with Crippen molar-refractivity contribution in [2.75, 3.05) is 66.8 Å². The van der Waals surface area contributed by atoms with E-state index in [0.29, 0.717) is 26.4 Å². The molecule has 0 spiro atoms. The van der Waals surface area contributed by atoms with Gasteiger partial charge in [0.2, 0.25) is 0 Å². The van der Waals surface area contributed by atoms with E-state index in [1.165, 1.54) is 30.4 Å². The highest BCUT2D eigenvalue weighted by atomic mass is 79.9. The Kier molecular flexibility index (Phi) is 10.5. The maximum atomic E-state index is 5.56. The van der Waals surface area contributed by atoms with Gasteiger partial charge in [0.1, 0.15) is 6.54 Å². The third-order valence-corrected chi connectivity index (χ3v) is 3.23. The van der Waals surface area contributed by atoms with Crippen LogP contribution in [-0.2, 0) is 14.2 Å². The van der Waals surface area contributed by atoms with Crippen molar-refractivity contribution >= 4 is 0 Å². The Hall–Kier alpha value is 0.320. The SMILES string of the molecule is COCCOCCOCC[N+]1(C)CCCC1.[Br-]. The maximum absolute atomic E-state index is 5.56. The molecule has 0 aromatic heterocycles. The first-order chi connectivity index (χ1) is 7.77. The first-order valence-electron chi connectivity index (χ1n) is 6.25. The fourth-order valence-electron chi connectivity index (χ4n) is 2.07. The normalized spacial score (nSPS) is 18.0. The van der Waals surface area contributed by atoms with Crippen LogP contribution in [-0.4, -0.2) is 71.3 Å². The summed E-state index contributed by atoms with van der Waals surface area (Å²) in [5.41, 5.74) is 0. The van der Waals surface area contributed by atoms with Gasteiger partial charge >= 0.3 is 0 Å². The predicted molar refractivity (Wildman–Crippen MR) is 63.5 cm³/mol. The Morgan fingerprint density at radius 3 is 2.00 bits per heavy atom. The van der Waals surface area contributed by atoms with Gasteiger partial charge in [0.05, 0.1) is 53.2 Å². The van der Waals surface area contributed by atoms with Gasteiger partial charge in [0, 0.05) is 20.0 Å². The maximum Gasteiger partial charge on any atom is 0.102 e. The van der Waals surface area contributed by atoms with E-state index < -0.39 is 0 Å². The molecule has 0 aromatic carbocycles. The smallest absolute Gasteiger partial charge is 0.102 e. The van der Waals surface area contributed by atoms with Gasteiger partial charge in [0.15, 0.2) is 0 Å². The zero-order valence-electron chi connectivity index (χ0n) is 11.1. The number of quaternary nitrogens is 1. The van der Waals surface area contributed by atoms with E-state index in [0.717, 1.165) is 13.2 Å². The van der Waals surface area contributed by atoms with Crippen LogP contribution in [0, 0.1) is 0 Å². The van der Waals surface area contributed by atoms with Crippen molar-refractivity contribution in [3.05, 3.63) is 0 Å². The Bertz CT molecular complexity index is 175. The molecule has 0 unspecified atom stereocenters. The molecule has 0 bridgehead atoms. The van der Waals surface area contributed by atoms with Crippen molar-refractivity contribution < 1.29 is 35.7 Å². The molecule has 1 aliphatic rings. The summed E-state index contributed by atoms with van der Waals surface area (Å²) < 4.78 is 16.9. The zero-order chi connectivity index (χ0) is 11.7. The van der Waals surface area contributed by atoms with Crippen LogP contribution in [0.2, 0.25) is 0 Å². The Labute approximate surface area is 116 Å². The van der Waals surface area contributed by atoms with Gasteiger partial charge in [0.25, 0.3) is 0 Å². The van der Waals surface area contributed by atoms with Crippen LogP contribution in [0.25, 0.3) is 0 Å². The van der Waals surface area contributed by atoms with E-state index in [1.807, 2.05) is 0 Å². The average Bonchev–Trinajstić information content (AvgIpc) is 2.70. The fourth-order valence-corrected chi connectivity index (χ4v) is 2.07. The van der Waals surface area contributed by atoms with Crippen LogP contribution in [0.5, 0.6) is 0 Å². The standard InChI is InChI=1S/C12H26NO3.BrH/c1-13(5-3-4-6-13)7-8-15-11-12-16-10-9-14-2;/h3-12H2,1-2H3;1H/q+1;/p-1. The van der Waals surface area contributed by atoms with Crippen molar-refractivity contribution in [1.29, 1.82) is 0 Å². The molecule has 1 fully saturated rings. The monoisotopic (exact) mass is 311 g/mol. The summed E-state index contributed by atoms with van der Waals surface area (Å²) in [6, 6.07) is 0. The molecule has 5 heteroatoms. The van der Waals surface area contributed by atoms with Crippen molar-refractivity contribution in [3.63, 3.8) is 0 Å². The topological polar surface area (TPSA) is 27.7 Å². The highest BCUT2D eigenvalue weighted by Crippen LogP contribution is 2.15. The second-order valence-electron chi connectivity index (χ2n) is 4.71. The average molecular weight is 312 g/mol. The minimum atomic E-state index is 0. The number of likely N-dealkylation sites (N-methyl/N-ethyl adjacent to an activating group) is 1. The highest BCUT2D eigenvalue weighted by molar-refractivity contribution is 4.51. The molecule has 0 amide bonds. The van der Waals surface area contributed by atoms with Gasteiger partial charge in [-0.1, -0.05) is 0 Å². The van der Waals surface area contributed by atoms with Gasteiger partial charge in [-0.15, -0.1) is 0 Å². The molecule has 4 nitrogen and oxygen atoms in total. The van der Waals surface area contributed by atoms with Crippen LogP contribution in [0.3, 0.4) is 0 Å². The molecule has 1 rings (SSSR count). The van der Waals surface area contributed by atoms with E-state index in [9.17, 15) is 0 Å². The molecular formula is C12H26BrNO3. The predicted octanol–water partition coefficient (Wildman–Crippen LogP) is -2.09. The summed E-state index contributed by atoms with van der Waals surface area (Å²) >= 11 is 0. The van der Waals surface area contributed by atoms with Crippen molar-refractivity contribution in [3.8, 4) is 0 Å². The van der Waals surface area contributed by atoms with Crippen LogP contribution in [0.4, 0.5) is 0 Å². The van der Waals surface area contributed by atoms with E-state index in [4.69, 9.17) is 14.2 Å². The molecule has 1 aliphatic heterocycles. The van der Waals surface area contributed by atoms with Crippen molar-refractivity contribution in [2.24, 2.45) is 0 Å². The van der Waals surface area contributed by atoms with E-state index in [-0.39, 0.29) is 17.0 Å². The van der Waals surface area contributed by atoms with E-state index >= 15 is 0 Å². The number of likely N-dealkylation sites (tertiary alicyclic amines) is 1. The lowest BCUT2D eigenvalue weighted by Crippen LogP contribution is -3.00. The number of hydrogen-bond donors (Lipinski definition) is 0. The van der Waals surface area contributed by atoms with Gasteiger partial charge in [-0.2, -0.15) is 0 Å². The Morgan fingerprint density at radius 2 is 1.41 bits per heavy atom. The Balaban J connectivity index is 0.00000256. The molecule has 0 saturated carbocycles. The van der Waals surface area contributed by atoms with Crippen molar-refractivity contribution in [1.82, 2.24) is 0 Å². The summed E-state index contributed by atoms with van der Waals surface area (Å²) in [5.74, 6) is 0. The molecule has 0 aliphatic carbocycles. The molecule has 0 radical (unpaired) electrons. The summed E-state index contributed by atoms with van der Waals surface area (Å²) in [4.78, 5) is 0.